The van der Waals surface area contributed by atoms with Gasteiger partial charge in [0.05, 0.1) is 14.2 Å². The highest BCUT2D eigenvalue weighted by Gasteiger charge is 2.10. The molecule has 0 radical (unpaired) electrons. The normalized spacial score (nSPS) is 11.3. The van der Waals surface area contributed by atoms with Crippen molar-refractivity contribution in [3.8, 4) is 11.5 Å². The summed E-state index contributed by atoms with van der Waals surface area (Å²) >= 11 is 0. The predicted octanol–water partition coefficient (Wildman–Crippen LogP) is 2.96. The average molecular weight is 437 g/mol. The van der Waals surface area contributed by atoms with Gasteiger partial charge in [0.15, 0.2) is 11.8 Å². The lowest BCUT2D eigenvalue weighted by molar-refractivity contribution is 0.414. The second kappa shape index (κ2) is 11.2. The summed E-state index contributed by atoms with van der Waals surface area (Å²) in [5, 5.41) is 11.9. The van der Waals surface area contributed by atoms with Gasteiger partial charge in [0.25, 0.3) is 0 Å². The van der Waals surface area contributed by atoms with Crippen molar-refractivity contribution < 1.29 is 9.47 Å². The van der Waals surface area contributed by atoms with E-state index < -0.39 is 0 Å². The first-order chi connectivity index (χ1) is 15.5. The Labute approximate surface area is 189 Å². The third kappa shape index (κ3) is 6.23. The van der Waals surface area contributed by atoms with Crippen LogP contribution in [-0.2, 0) is 26.6 Å². The number of methoxy groups -OCH3 is 2. The molecule has 0 aliphatic rings. The van der Waals surface area contributed by atoms with Crippen molar-refractivity contribution in [2.24, 2.45) is 12.0 Å². The van der Waals surface area contributed by atoms with Crippen LogP contribution in [0.4, 0.5) is 0 Å². The van der Waals surface area contributed by atoms with E-state index in [1.165, 1.54) is 11.1 Å². The number of hydrogen-bond acceptors (Lipinski definition) is 5. The molecule has 0 amide bonds. The monoisotopic (exact) mass is 436 g/mol. The van der Waals surface area contributed by atoms with E-state index >= 15 is 0 Å². The fourth-order valence-electron chi connectivity index (χ4n) is 3.24. The van der Waals surface area contributed by atoms with E-state index in [-0.39, 0.29) is 0 Å². The molecule has 3 rings (SSSR count). The van der Waals surface area contributed by atoms with E-state index in [4.69, 9.17) is 14.5 Å². The molecule has 2 aromatic carbocycles. The zero-order valence-electron chi connectivity index (χ0n) is 19.5. The zero-order chi connectivity index (χ0) is 22.9. The first kappa shape index (κ1) is 23.1. The molecule has 0 aliphatic carbocycles. The smallest absolute Gasteiger partial charge is 0.194 e. The fourth-order valence-corrected chi connectivity index (χ4v) is 3.24. The number of aryl methyl sites for hydroxylation is 1. The summed E-state index contributed by atoms with van der Waals surface area (Å²) in [5.74, 6) is 4.23. The van der Waals surface area contributed by atoms with Crippen molar-refractivity contribution in [2.45, 2.75) is 26.4 Å². The van der Waals surface area contributed by atoms with Crippen LogP contribution in [0.15, 0.2) is 53.5 Å². The Morgan fingerprint density at radius 2 is 1.56 bits per heavy atom. The lowest BCUT2D eigenvalue weighted by Gasteiger charge is -2.23. The minimum Gasteiger partial charge on any atom is -0.497 e. The number of benzene rings is 2. The fraction of sp³-hybridized carbons (Fsp3) is 0.375. The second-order valence-corrected chi connectivity index (χ2v) is 7.59. The van der Waals surface area contributed by atoms with Crippen molar-refractivity contribution in [1.82, 2.24) is 25.0 Å². The summed E-state index contributed by atoms with van der Waals surface area (Å²) in [4.78, 5) is 6.93. The highest BCUT2D eigenvalue weighted by Crippen LogP contribution is 2.13. The Morgan fingerprint density at radius 3 is 2.09 bits per heavy atom. The number of ether oxygens (including phenoxy) is 2. The molecule has 0 aliphatic heterocycles. The van der Waals surface area contributed by atoms with Gasteiger partial charge >= 0.3 is 0 Å². The Bertz CT molecular complexity index is 1010. The first-order valence-corrected chi connectivity index (χ1v) is 10.6. The lowest BCUT2D eigenvalue weighted by atomic mass is 10.1. The highest BCUT2D eigenvalue weighted by molar-refractivity contribution is 5.79. The van der Waals surface area contributed by atoms with Gasteiger partial charge in [-0.05, 0) is 48.7 Å². The molecule has 0 unspecified atom stereocenters. The molecule has 8 nitrogen and oxygen atoms in total. The molecule has 3 aromatic rings. The molecular weight excluding hydrogens is 404 g/mol. The van der Waals surface area contributed by atoms with E-state index in [0.29, 0.717) is 6.54 Å². The second-order valence-electron chi connectivity index (χ2n) is 7.59. The van der Waals surface area contributed by atoms with Gasteiger partial charge in [0, 0.05) is 27.2 Å². The topological polar surface area (TPSA) is 76.8 Å². The van der Waals surface area contributed by atoms with Gasteiger partial charge in [-0.2, -0.15) is 0 Å². The standard InChI is InChI=1S/C24H32N6O2/c1-18-27-28-23(30(18)3)16-26-24(25-15-14-19-6-10-21(31-4)11-7-19)29(2)17-20-8-12-22(32-5)13-9-20/h6-13H,14-17H2,1-5H3,(H,25,26). The van der Waals surface area contributed by atoms with E-state index in [0.717, 1.165) is 48.6 Å². The van der Waals surface area contributed by atoms with Crippen molar-refractivity contribution in [1.29, 1.82) is 0 Å². The molecule has 0 atom stereocenters. The minimum atomic E-state index is 0.454. The minimum absolute atomic E-state index is 0.454. The number of aromatic nitrogens is 3. The Morgan fingerprint density at radius 1 is 0.969 bits per heavy atom. The predicted molar refractivity (Wildman–Crippen MR) is 126 cm³/mol. The van der Waals surface area contributed by atoms with Gasteiger partial charge in [-0.3, -0.25) is 0 Å². The van der Waals surface area contributed by atoms with Crippen LogP contribution in [0.2, 0.25) is 0 Å². The number of hydrogen-bond donors (Lipinski definition) is 1. The van der Waals surface area contributed by atoms with E-state index in [2.05, 4.69) is 44.7 Å². The molecular formula is C24H32N6O2. The van der Waals surface area contributed by atoms with Crippen LogP contribution in [0.5, 0.6) is 11.5 Å². The molecule has 1 aromatic heterocycles. The van der Waals surface area contributed by atoms with E-state index in [9.17, 15) is 0 Å². The van der Waals surface area contributed by atoms with Crippen molar-refractivity contribution in [3.63, 3.8) is 0 Å². The summed E-state index contributed by atoms with van der Waals surface area (Å²) in [5.41, 5.74) is 2.41. The summed E-state index contributed by atoms with van der Waals surface area (Å²) in [6, 6.07) is 16.2. The number of nitrogens with one attached hydrogen (secondary N) is 1. The van der Waals surface area contributed by atoms with Crippen molar-refractivity contribution in [2.75, 3.05) is 27.8 Å². The molecule has 0 spiro atoms. The van der Waals surface area contributed by atoms with E-state index in [1.54, 1.807) is 14.2 Å². The molecule has 0 fully saturated rings. The van der Waals surface area contributed by atoms with Crippen LogP contribution in [-0.4, -0.2) is 53.4 Å². The van der Waals surface area contributed by atoms with Crippen molar-refractivity contribution in [3.05, 3.63) is 71.3 Å². The molecule has 170 valence electrons. The quantitative estimate of drug-likeness (QED) is 0.411. The van der Waals surface area contributed by atoms with Crippen LogP contribution in [0.3, 0.4) is 0 Å². The lowest BCUT2D eigenvalue weighted by Crippen LogP contribution is -2.39. The zero-order valence-corrected chi connectivity index (χ0v) is 19.5. The van der Waals surface area contributed by atoms with Gasteiger partial charge in [0.2, 0.25) is 0 Å². The maximum absolute atomic E-state index is 5.26. The maximum atomic E-state index is 5.26. The molecule has 0 bridgehead atoms. The number of guanidine groups is 1. The Hall–Kier alpha value is -3.55. The highest BCUT2D eigenvalue weighted by atomic mass is 16.5. The van der Waals surface area contributed by atoms with Crippen LogP contribution < -0.4 is 14.8 Å². The number of nitrogens with zero attached hydrogens (tertiary/aromatic N) is 5. The Balaban J connectivity index is 1.68. The number of aliphatic imine (C=N–C) groups is 1. The van der Waals surface area contributed by atoms with Gasteiger partial charge in [-0.15, -0.1) is 10.2 Å². The van der Waals surface area contributed by atoms with Crippen molar-refractivity contribution >= 4 is 5.96 Å². The number of rotatable bonds is 9. The maximum Gasteiger partial charge on any atom is 0.194 e. The van der Waals surface area contributed by atoms with E-state index in [1.807, 2.05) is 49.9 Å². The summed E-state index contributed by atoms with van der Waals surface area (Å²) < 4.78 is 12.5. The van der Waals surface area contributed by atoms with Crippen LogP contribution in [0.1, 0.15) is 22.8 Å². The molecule has 1 heterocycles. The largest absolute Gasteiger partial charge is 0.497 e. The Kier molecular flexibility index (Phi) is 8.08. The third-order valence-electron chi connectivity index (χ3n) is 5.35. The molecule has 32 heavy (non-hydrogen) atoms. The van der Waals surface area contributed by atoms with Gasteiger partial charge in [-0.25, -0.2) is 4.99 Å². The van der Waals surface area contributed by atoms with Gasteiger partial charge < -0.3 is 24.3 Å². The van der Waals surface area contributed by atoms with Crippen LogP contribution in [0, 0.1) is 6.92 Å². The van der Waals surface area contributed by atoms with Gasteiger partial charge in [-0.1, -0.05) is 24.3 Å². The molecule has 1 N–H and O–H groups in total. The van der Waals surface area contributed by atoms with Gasteiger partial charge in [0.1, 0.15) is 23.9 Å². The molecule has 0 saturated heterocycles. The van der Waals surface area contributed by atoms with Crippen LogP contribution >= 0.6 is 0 Å². The summed E-state index contributed by atoms with van der Waals surface area (Å²) in [7, 11) is 7.34. The average Bonchev–Trinajstić information content (AvgIpc) is 3.14. The molecule has 0 saturated carbocycles. The van der Waals surface area contributed by atoms with Crippen LogP contribution in [0.25, 0.3) is 0 Å². The summed E-state index contributed by atoms with van der Waals surface area (Å²) in [6.07, 6.45) is 0.877. The SMILES string of the molecule is COc1ccc(CCNC(=NCc2nnc(C)n2C)N(C)Cc2ccc(OC)cc2)cc1. The summed E-state index contributed by atoms with van der Waals surface area (Å²) in [6.45, 7) is 3.87. The molecule has 8 heteroatoms. The first-order valence-electron chi connectivity index (χ1n) is 10.6. The third-order valence-corrected chi connectivity index (χ3v) is 5.35.